The minimum absolute atomic E-state index is 0.186. The van der Waals surface area contributed by atoms with E-state index in [1.165, 1.54) is 4.70 Å². The highest BCUT2D eigenvalue weighted by atomic mass is 32.1. The Hall–Kier alpha value is -1.82. The molecule has 4 rings (SSSR count). The minimum atomic E-state index is -0.439. The number of anilines is 1. The van der Waals surface area contributed by atoms with Gasteiger partial charge >= 0.3 is 6.09 Å². The molecule has 0 saturated carbocycles. The van der Waals surface area contributed by atoms with E-state index in [4.69, 9.17) is 9.72 Å². The summed E-state index contributed by atoms with van der Waals surface area (Å²) < 4.78 is 6.74. The summed E-state index contributed by atoms with van der Waals surface area (Å²) in [6, 6.07) is 8.82. The van der Waals surface area contributed by atoms with Crippen LogP contribution < -0.4 is 4.90 Å². The third-order valence-corrected chi connectivity index (χ3v) is 5.47. The zero-order valence-corrected chi connectivity index (χ0v) is 14.5. The van der Waals surface area contributed by atoms with Gasteiger partial charge in [0.25, 0.3) is 0 Å². The molecule has 2 fully saturated rings. The number of nitrogens with zero attached hydrogens (tertiary/aromatic N) is 3. The van der Waals surface area contributed by atoms with Crippen LogP contribution in [-0.4, -0.2) is 46.8 Å². The fourth-order valence-electron chi connectivity index (χ4n) is 3.43. The highest BCUT2D eigenvalue weighted by Crippen LogP contribution is 2.38. The maximum Gasteiger partial charge on any atom is 0.410 e. The number of hydrogen-bond donors (Lipinski definition) is 0. The van der Waals surface area contributed by atoms with Gasteiger partial charge in [-0.1, -0.05) is 23.5 Å². The molecule has 1 aromatic heterocycles. The third kappa shape index (κ3) is 2.65. The van der Waals surface area contributed by atoms with Crippen LogP contribution in [0.1, 0.15) is 27.2 Å². The van der Waals surface area contributed by atoms with Gasteiger partial charge in [0.05, 0.1) is 22.3 Å². The Bertz CT molecular complexity index is 719. The highest BCUT2D eigenvalue weighted by Gasteiger charge is 2.47. The molecule has 2 aromatic rings. The van der Waals surface area contributed by atoms with Crippen LogP contribution in [0.5, 0.6) is 0 Å². The number of likely N-dealkylation sites (tertiary alicyclic amines) is 1. The predicted molar refractivity (Wildman–Crippen MR) is 92.1 cm³/mol. The summed E-state index contributed by atoms with van der Waals surface area (Å²) in [5.74, 6) is 0. The Morgan fingerprint density at radius 3 is 2.70 bits per heavy atom. The Morgan fingerprint density at radius 1 is 1.26 bits per heavy atom. The first kappa shape index (κ1) is 14.8. The maximum atomic E-state index is 12.3. The van der Waals surface area contributed by atoms with Gasteiger partial charge in [-0.25, -0.2) is 9.78 Å². The van der Waals surface area contributed by atoms with Crippen LogP contribution in [0.25, 0.3) is 10.2 Å². The summed E-state index contributed by atoms with van der Waals surface area (Å²) in [6.07, 6.45) is 0.823. The highest BCUT2D eigenvalue weighted by molar-refractivity contribution is 7.22. The lowest BCUT2D eigenvalue weighted by Crippen LogP contribution is -2.50. The van der Waals surface area contributed by atoms with Crippen molar-refractivity contribution in [2.75, 3.05) is 18.0 Å². The lowest BCUT2D eigenvalue weighted by atomic mass is 10.2. The number of carbonyl (C=O) groups excluding carboxylic acids is 1. The van der Waals surface area contributed by atoms with Gasteiger partial charge in [0, 0.05) is 13.1 Å². The first-order valence-electron chi connectivity index (χ1n) is 8.02. The number of amides is 1. The van der Waals surface area contributed by atoms with Crippen LogP contribution in [-0.2, 0) is 4.74 Å². The lowest BCUT2D eigenvalue weighted by molar-refractivity contribution is 0.0215. The number of piperazine rings is 1. The molecule has 0 aliphatic carbocycles. The first-order valence-corrected chi connectivity index (χ1v) is 8.84. The number of hydrogen-bond acceptors (Lipinski definition) is 5. The van der Waals surface area contributed by atoms with Crippen molar-refractivity contribution in [1.82, 2.24) is 9.88 Å². The minimum Gasteiger partial charge on any atom is -0.444 e. The number of benzene rings is 1. The van der Waals surface area contributed by atoms with Crippen molar-refractivity contribution in [2.45, 2.75) is 44.9 Å². The van der Waals surface area contributed by atoms with Gasteiger partial charge in [0.2, 0.25) is 0 Å². The number of carbonyl (C=O) groups is 1. The molecule has 0 radical (unpaired) electrons. The Morgan fingerprint density at radius 2 is 2.04 bits per heavy atom. The Kier molecular flexibility index (Phi) is 3.27. The number of aromatic nitrogens is 1. The zero-order chi connectivity index (χ0) is 16.2. The molecule has 1 amide bonds. The zero-order valence-electron chi connectivity index (χ0n) is 13.7. The van der Waals surface area contributed by atoms with Gasteiger partial charge in [0.15, 0.2) is 5.13 Å². The van der Waals surface area contributed by atoms with Crippen molar-refractivity contribution in [2.24, 2.45) is 0 Å². The molecular formula is C17H21N3O2S. The molecule has 0 spiro atoms. The lowest BCUT2D eigenvalue weighted by Gasteiger charge is -2.35. The van der Waals surface area contributed by atoms with E-state index < -0.39 is 5.60 Å². The molecule has 2 aliphatic rings. The van der Waals surface area contributed by atoms with E-state index in [1.54, 1.807) is 11.3 Å². The molecule has 2 atom stereocenters. The summed E-state index contributed by atoms with van der Waals surface area (Å²) in [5, 5.41) is 1.07. The molecule has 122 valence electrons. The molecule has 2 aliphatic heterocycles. The van der Waals surface area contributed by atoms with Crippen LogP contribution in [0, 0.1) is 0 Å². The molecule has 0 unspecified atom stereocenters. The average Bonchev–Trinajstić information content (AvgIpc) is 3.17. The second-order valence-electron chi connectivity index (χ2n) is 7.29. The molecular weight excluding hydrogens is 310 g/mol. The van der Waals surface area contributed by atoms with E-state index in [9.17, 15) is 4.79 Å². The molecule has 5 nitrogen and oxygen atoms in total. The second kappa shape index (κ2) is 5.09. The van der Waals surface area contributed by atoms with Gasteiger partial charge in [-0.15, -0.1) is 0 Å². The van der Waals surface area contributed by atoms with Crippen LogP contribution in [0.4, 0.5) is 9.93 Å². The van der Waals surface area contributed by atoms with Crippen molar-refractivity contribution in [1.29, 1.82) is 0 Å². The van der Waals surface area contributed by atoms with Crippen molar-refractivity contribution in [3.8, 4) is 0 Å². The van der Waals surface area contributed by atoms with Gasteiger partial charge in [-0.2, -0.15) is 0 Å². The largest absolute Gasteiger partial charge is 0.444 e. The third-order valence-electron chi connectivity index (χ3n) is 4.40. The number of fused-ring (bicyclic) bond motifs is 3. The van der Waals surface area contributed by atoms with Crippen molar-refractivity contribution >= 4 is 32.8 Å². The van der Waals surface area contributed by atoms with Gasteiger partial charge < -0.3 is 14.5 Å². The van der Waals surface area contributed by atoms with E-state index in [0.717, 1.165) is 30.2 Å². The molecule has 3 heterocycles. The monoisotopic (exact) mass is 331 g/mol. The van der Waals surface area contributed by atoms with E-state index in [1.807, 2.05) is 37.8 Å². The number of para-hydroxylation sites is 1. The standard InChI is InChI=1S/C17H21N3O2S/c1-17(2,3)22-16(21)20-10-11-8-12(20)9-19(11)15-18-13-6-4-5-7-14(13)23-15/h4-7,11-12H,8-10H2,1-3H3/t11-,12-/m0/s1. The first-order chi connectivity index (χ1) is 10.9. The van der Waals surface area contributed by atoms with Gasteiger partial charge in [-0.05, 0) is 39.3 Å². The normalized spacial score (nSPS) is 23.8. The topological polar surface area (TPSA) is 45.7 Å². The quantitative estimate of drug-likeness (QED) is 0.802. The molecule has 6 heteroatoms. The van der Waals surface area contributed by atoms with Crippen LogP contribution >= 0.6 is 11.3 Å². The van der Waals surface area contributed by atoms with Crippen molar-refractivity contribution in [3.63, 3.8) is 0 Å². The van der Waals surface area contributed by atoms with E-state index >= 15 is 0 Å². The van der Waals surface area contributed by atoms with Gasteiger partial charge in [0.1, 0.15) is 5.60 Å². The second-order valence-corrected chi connectivity index (χ2v) is 8.30. The van der Waals surface area contributed by atoms with Crippen molar-refractivity contribution < 1.29 is 9.53 Å². The molecule has 0 N–H and O–H groups in total. The summed E-state index contributed by atoms with van der Waals surface area (Å²) in [5.41, 5.74) is 0.616. The smallest absolute Gasteiger partial charge is 0.410 e. The molecule has 1 aromatic carbocycles. The number of thiazole rings is 1. The Labute approximate surface area is 139 Å². The fraction of sp³-hybridized carbons (Fsp3) is 0.529. The van der Waals surface area contributed by atoms with Crippen molar-refractivity contribution in [3.05, 3.63) is 24.3 Å². The fourth-order valence-corrected chi connectivity index (χ4v) is 4.47. The summed E-state index contributed by atoms with van der Waals surface area (Å²) >= 11 is 1.73. The Balaban J connectivity index is 1.49. The van der Waals surface area contributed by atoms with E-state index in [-0.39, 0.29) is 12.1 Å². The predicted octanol–water partition coefficient (Wildman–Crippen LogP) is 3.49. The van der Waals surface area contributed by atoms with E-state index in [0.29, 0.717) is 6.04 Å². The molecule has 2 bridgehead atoms. The number of ether oxygens (including phenoxy) is 1. The summed E-state index contributed by atoms with van der Waals surface area (Å²) in [4.78, 5) is 21.3. The molecule has 23 heavy (non-hydrogen) atoms. The van der Waals surface area contributed by atoms with Crippen LogP contribution in [0.2, 0.25) is 0 Å². The molecule has 2 saturated heterocycles. The number of rotatable bonds is 1. The maximum absolute atomic E-state index is 12.3. The summed E-state index contributed by atoms with van der Waals surface area (Å²) in [7, 11) is 0. The summed E-state index contributed by atoms with van der Waals surface area (Å²) in [6.45, 7) is 7.31. The SMILES string of the molecule is CC(C)(C)OC(=O)N1C[C@@H]2C[C@H]1CN2c1nc2ccccc2s1. The van der Waals surface area contributed by atoms with Crippen LogP contribution in [0.15, 0.2) is 24.3 Å². The average molecular weight is 331 g/mol. The van der Waals surface area contributed by atoms with Crippen LogP contribution in [0.3, 0.4) is 0 Å². The van der Waals surface area contributed by atoms with Gasteiger partial charge in [-0.3, -0.25) is 0 Å². The van der Waals surface area contributed by atoms with E-state index in [2.05, 4.69) is 17.0 Å².